The summed E-state index contributed by atoms with van der Waals surface area (Å²) in [5.41, 5.74) is 6.75. The predicted molar refractivity (Wildman–Crippen MR) is 70.0 cm³/mol. The van der Waals surface area contributed by atoms with Crippen LogP contribution in [0, 0.1) is 5.92 Å². The molecule has 0 saturated heterocycles. The average molecular weight is 267 g/mol. The number of carbonyl (C=O) groups is 2. The van der Waals surface area contributed by atoms with E-state index < -0.39 is 11.9 Å². The van der Waals surface area contributed by atoms with Gasteiger partial charge in [0.1, 0.15) is 4.88 Å². The molecule has 1 amide bonds. The molecule has 1 aliphatic rings. The van der Waals surface area contributed by atoms with Crippen LogP contribution in [0.3, 0.4) is 0 Å². The van der Waals surface area contributed by atoms with Crippen molar-refractivity contribution in [2.24, 2.45) is 11.7 Å². The van der Waals surface area contributed by atoms with Crippen molar-refractivity contribution in [3.05, 3.63) is 20.9 Å². The first-order valence-corrected chi connectivity index (χ1v) is 6.97. The zero-order chi connectivity index (χ0) is 13.3. The highest BCUT2D eigenvalue weighted by Crippen LogP contribution is 2.36. The topological polar surface area (TPSA) is 69.4 Å². The van der Waals surface area contributed by atoms with Crippen molar-refractivity contribution >= 4 is 23.2 Å². The van der Waals surface area contributed by atoms with Crippen LogP contribution in [0.25, 0.3) is 0 Å². The van der Waals surface area contributed by atoms with Crippen LogP contribution >= 0.6 is 11.3 Å². The molecule has 18 heavy (non-hydrogen) atoms. The molecule has 1 aliphatic carbocycles. The Labute approximate surface area is 110 Å². The fourth-order valence-electron chi connectivity index (χ4n) is 2.35. The fraction of sp³-hybridized carbons (Fsp3) is 0.538. The van der Waals surface area contributed by atoms with Crippen molar-refractivity contribution in [2.75, 3.05) is 6.61 Å². The first-order valence-electron chi connectivity index (χ1n) is 6.16. The molecular weight excluding hydrogens is 250 g/mol. The maximum Gasteiger partial charge on any atom is 0.340 e. The van der Waals surface area contributed by atoms with Crippen LogP contribution in [0.15, 0.2) is 0 Å². The van der Waals surface area contributed by atoms with Gasteiger partial charge in [-0.05, 0) is 37.7 Å². The van der Waals surface area contributed by atoms with E-state index in [1.807, 2.05) is 0 Å². The van der Waals surface area contributed by atoms with Gasteiger partial charge < -0.3 is 10.5 Å². The quantitative estimate of drug-likeness (QED) is 0.853. The Bertz CT molecular complexity index is 493. The largest absolute Gasteiger partial charge is 0.462 e. The van der Waals surface area contributed by atoms with Crippen LogP contribution in [0.4, 0.5) is 0 Å². The van der Waals surface area contributed by atoms with Gasteiger partial charge in [-0.3, -0.25) is 4.79 Å². The number of hydrogen-bond donors (Lipinski definition) is 1. The minimum atomic E-state index is -0.537. The summed E-state index contributed by atoms with van der Waals surface area (Å²) in [7, 11) is 0. The summed E-state index contributed by atoms with van der Waals surface area (Å²) in [5, 5.41) is 0. The van der Waals surface area contributed by atoms with E-state index in [0.717, 1.165) is 29.7 Å². The van der Waals surface area contributed by atoms with Crippen LogP contribution in [-0.2, 0) is 17.6 Å². The van der Waals surface area contributed by atoms with Crippen LogP contribution in [-0.4, -0.2) is 18.5 Å². The molecule has 1 unspecified atom stereocenters. The third-order valence-corrected chi connectivity index (χ3v) is 4.52. The minimum absolute atomic E-state index is 0.303. The number of nitrogens with two attached hydrogens (primary N) is 1. The number of thiophene rings is 1. The number of esters is 1. The highest BCUT2D eigenvalue weighted by Gasteiger charge is 2.30. The lowest BCUT2D eigenvalue weighted by molar-refractivity contribution is 0.0522. The van der Waals surface area contributed by atoms with Crippen molar-refractivity contribution < 1.29 is 14.3 Å². The Kier molecular flexibility index (Phi) is 3.71. The van der Waals surface area contributed by atoms with Crippen LogP contribution in [0.5, 0.6) is 0 Å². The highest BCUT2D eigenvalue weighted by molar-refractivity contribution is 7.14. The van der Waals surface area contributed by atoms with Gasteiger partial charge in [-0.15, -0.1) is 11.3 Å². The fourth-order valence-corrected chi connectivity index (χ4v) is 3.53. The Hall–Kier alpha value is -1.36. The van der Waals surface area contributed by atoms with Gasteiger partial charge >= 0.3 is 5.97 Å². The minimum Gasteiger partial charge on any atom is -0.462 e. The molecule has 98 valence electrons. The number of rotatable bonds is 3. The molecule has 1 atom stereocenters. The first-order chi connectivity index (χ1) is 8.54. The van der Waals surface area contributed by atoms with Gasteiger partial charge in [0.15, 0.2) is 0 Å². The molecule has 2 rings (SSSR count). The standard InChI is InChI=1S/C13H17NO3S/c1-3-17-13(16)10-8-6-7(2)4-5-9(8)18-11(10)12(14)15/h7H,3-6H2,1-2H3,(H2,14,15). The van der Waals surface area contributed by atoms with E-state index in [9.17, 15) is 9.59 Å². The molecule has 2 N–H and O–H groups in total. The number of fused-ring (bicyclic) bond motifs is 1. The van der Waals surface area contributed by atoms with E-state index >= 15 is 0 Å². The molecule has 1 aromatic heterocycles. The first kappa shape index (κ1) is 13.1. The summed E-state index contributed by atoms with van der Waals surface area (Å²) in [6.07, 6.45) is 2.84. The maximum absolute atomic E-state index is 12.0. The Balaban J connectivity index is 2.49. The number of amides is 1. The van der Waals surface area contributed by atoms with Crippen LogP contribution in [0.1, 0.15) is 50.7 Å². The van der Waals surface area contributed by atoms with Gasteiger partial charge in [0.2, 0.25) is 0 Å². The smallest absolute Gasteiger partial charge is 0.340 e. The molecule has 5 heteroatoms. The van der Waals surface area contributed by atoms with Crippen molar-refractivity contribution in [3.8, 4) is 0 Å². The summed E-state index contributed by atoms with van der Waals surface area (Å²) in [6, 6.07) is 0. The molecule has 0 saturated carbocycles. The van der Waals surface area contributed by atoms with E-state index in [1.54, 1.807) is 6.92 Å². The summed E-state index contributed by atoms with van der Waals surface area (Å²) >= 11 is 1.35. The molecule has 1 aromatic rings. The number of carbonyl (C=O) groups excluding carboxylic acids is 2. The number of hydrogen-bond acceptors (Lipinski definition) is 4. The average Bonchev–Trinajstić information content (AvgIpc) is 2.67. The third-order valence-electron chi connectivity index (χ3n) is 3.21. The summed E-state index contributed by atoms with van der Waals surface area (Å²) in [4.78, 5) is 24.9. The molecule has 0 spiro atoms. The zero-order valence-corrected chi connectivity index (χ0v) is 11.4. The number of primary amides is 1. The van der Waals surface area contributed by atoms with Crippen molar-refractivity contribution in [3.63, 3.8) is 0 Å². The Morgan fingerprint density at radius 2 is 2.22 bits per heavy atom. The molecule has 0 fully saturated rings. The highest BCUT2D eigenvalue weighted by atomic mass is 32.1. The lowest BCUT2D eigenvalue weighted by Gasteiger charge is -2.18. The van der Waals surface area contributed by atoms with E-state index in [2.05, 4.69) is 6.92 Å². The number of ether oxygens (including phenoxy) is 1. The van der Waals surface area contributed by atoms with Gasteiger partial charge in [-0.1, -0.05) is 6.92 Å². The zero-order valence-electron chi connectivity index (χ0n) is 10.6. The molecule has 0 aliphatic heterocycles. The Morgan fingerprint density at radius 1 is 1.50 bits per heavy atom. The predicted octanol–water partition coefficient (Wildman–Crippen LogP) is 2.15. The second-order valence-electron chi connectivity index (χ2n) is 4.64. The van der Waals surface area contributed by atoms with Gasteiger partial charge in [-0.2, -0.15) is 0 Å². The normalized spacial score (nSPS) is 18.2. The van der Waals surface area contributed by atoms with Gasteiger partial charge in [-0.25, -0.2) is 4.79 Å². The molecule has 4 nitrogen and oxygen atoms in total. The lowest BCUT2D eigenvalue weighted by atomic mass is 9.87. The summed E-state index contributed by atoms with van der Waals surface area (Å²) in [5.74, 6) is -0.427. The summed E-state index contributed by atoms with van der Waals surface area (Å²) < 4.78 is 5.04. The maximum atomic E-state index is 12.0. The third kappa shape index (κ3) is 2.27. The van der Waals surface area contributed by atoms with Gasteiger partial charge in [0.25, 0.3) is 5.91 Å². The van der Waals surface area contributed by atoms with E-state index in [-0.39, 0.29) is 0 Å². The molecule has 0 bridgehead atoms. The SMILES string of the molecule is CCOC(=O)c1c(C(N)=O)sc2c1CC(C)CC2. The van der Waals surface area contributed by atoms with Crippen molar-refractivity contribution in [1.82, 2.24) is 0 Å². The molecule has 0 radical (unpaired) electrons. The summed E-state index contributed by atoms with van der Waals surface area (Å²) in [6.45, 7) is 4.21. The Morgan fingerprint density at radius 3 is 2.83 bits per heavy atom. The van der Waals surface area contributed by atoms with Crippen LogP contribution in [0.2, 0.25) is 0 Å². The van der Waals surface area contributed by atoms with Gasteiger partial charge in [0.05, 0.1) is 12.2 Å². The van der Waals surface area contributed by atoms with Gasteiger partial charge in [0, 0.05) is 4.88 Å². The monoisotopic (exact) mass is 267 g/mol. The number of aryl methyl sites for hydroxylation is 1. The van der Waals surface area contributed by atoms with Crippen LogP contribution < -0.4 is 5.73 Å². The van der Waals surface area contributed by atoms with E-state index in [1.165, 1.54) is 11.3 Å². The molecular formula is C13H17NO3S. The van der Waals surface area contributed by atoms with E-state index in [0.29, 0.717) is 23.0 Å². The van der Waals surface area contributed by atoms with E-state index in [4.69, 9.17) is 10.5 Å². The van der Waals surface area contributed by atoms with Crippen molar-refractivity contribution in [2.45, 2.75) is 33.1 Å². The molecule has 1 heterocycles. The molecule has 0 aromatic carbocycles. The lowest BCUT2D eigenvalue weighted by Crippen LogP contribution is -2.18. The van der Waals surface area contributed by atoms with Crippen molar-refractivity contribution in [1.29, 1.82) is 0 Å². The second-order valence-corrected chi connectivity index (χ2v) is 5.75. The second kappa shape index (κ2) is 5.10.